The Kier molecular flexibility index (Phi) is 9.96. The summed E-state index contributed by atoms with van der Waals surface area (Å²) in [6, 6.07) is 13.1. The van der Waals surface area contributed by atoms with Crippen molar-refractivity contribution in [2.24, 2.45) is 0 Å². The van der Waals surface area contributed by atoms with E-state index in [0.29, 0.717) is 15.6 Å². The van der Waals surface area contributed by atoms with Crippen LogP contribution in [0.25, 0.3) is 0 Å². The van der Waals surface area contributed by atoms with Crippen LogP contribution in [0.15, 0.2) is 42.5 Å². The fraction of sp³-hybridized carbons (Fsp3) is 0.462. The van der Waals surface area contributed by atoms with E-state index >= 15 is 0 Å². The third-order valence-electron chi connectivity index (χ3n) is 6.09. The lowest BCUT2D eigenvalue weighted by Crippen LogP contribution is -2.50. The van der Waals surface area contributed by atoms with Gasteiger partial charge in [-0.3, -0.25) is 9.59 Å². The Bertz CT molecular complexity index is 943. The van der Waals surface area contributed by atoms with Gasteiger partial charge in [-0.2, -0.15) is 0 Å². The van der Waals surface area contributed by atoms with Gasteiger partial charge < -0.3 is 10.2 Å². The number of carbonyl (C=O) groups excluding carboxylic acids is 2. The Morgan fingerprint density at radius 2 is 1.76 bits per heavy atom. The first-order valence-corrected chi connectivity index (χ1v) is 13.4. The van der Waals surface area contributed by atoms with Crippen molar-refractivity contribution < 1.29 is 9.59 Å². The highest BCUT2D eigenvalue weighted by Crippen LogP contribution is 2.27. The first-order chi connectivity index (χ1) is 15.8. The number of thioether (sulfide) groups is 1. The molecular weight excluding hydrogens is 475 g/mol. The molecular formula is C26H32Cl2N2O2S. The maximum absolute atomic E-state index is 13.3. The standard InChI is InChI=1S/C26H32Cl2N2O2S/c1-18-8-6-9-20(14-18)16-33-17-25(31)30(15-22-23(27)12-7-13-24(22)28)19(2)26(32)29-21-10-4-3-5-11-21/h6-9,12-14,19,21H,3-5,10-11,15-17H2,1-2H3,(H,29,32). The van der Waals surface area contributed by atoms with Gasteiger partial charge in [-0.1, -0.05) is 78.4 Å². The summed E-state index contributed by atoms with van der Waals surface area (Å²) < 4.78 is 0. The number of benzene rings is 2. The zero-order valence-corrected chi connectivity index (χ0v) is 21.6. The van der Waals surface area contributed by atoms with Gasteiger partial charge >= 0.3 is 0 Å². The average molecular weight is 508 g/mol. The van der Waals surface area contributed by atoms with Crippen molar-refractivity contribution in [2.75, 3.05) is 5.75 Å². The molecule has 178 valence electrons. The van der Waals surface area contributed by atoms with Gasteiger partial charge in [0.15, 0.2) is 0 Å². The number of hydrogen-bond acceptors (Lipinski definition) is 3. The summed E-state index contributed by atoms with van der Waals surface area (Å²) in [4.78, 5) is 28.0. The minimum atomic E-state index is -0.619. The Balaban J connectivity index is 1.70. The molecule has 4 nitrogen and oxygen atoms in total. The van der Waals surface area contributed by atoms with Crippen molar-refractivity contribution in [1.29, 1.82) is 0 Å². The molecule has 0 bridgehead atoms. The van der Waals surface area contributed by atoms with Crippen LogP contribution in [0, 0.1) is 6.92 Å². The van der Waals surface area contributed by atoms with E-state index in [1.54, 1.807) is 41.8 Å². The minimum Gasteiger partial charge on any atom is -0.352 e. The number of nitrogens with one attached hydrogen (secondary N) is 1. The van der Waals surface area contributed by atoms with Crippen molar-refractivity contribution >= 4 is 46.8 Å². The van der Waals surface area contributed by atoms with Crippen LogP contribution in [-0.2, 0) is 21.9 Å². The summed E-state index contributed by atoms with van der Waals surface area (Å²) in [5.74, 6) is 0.783. The van der Waals surface area contributed by atoms with E-state index in [9.17, 15) is 9.59 Å². The minimum absolute atomic E-state index is 0.102. The summed E-state index contributed by atoms with van der Waals surface area (Å²) in [7, 11) is 0. The van der Waals surface area contributed by atoms with Crippen LogP contribution < -0.4 is 5.32 Å². The number of hydrogen-bond donors (Lipinski definition) is 1. The summed E-state index contributed by atoms with van der Waals surface area (Å²) >= 11 is 14.3. The second-order valence-corrected chi connectivity index (χ2v) is 10.5. The molecule has 0 heterocycles. The van der Waals surface area contributed by atoms with Crippen LogP contribution in [0.5, 0.6) is 0 Å². The summed E-state index contributed by atoms with van der Waals surface area (Å²) in [6.45, 7) is 4.04. The fourth-order valence-electron chi connectivity index (χ4n) is 4.15. The lowest BCUT2D eigenvalue weighted by molar-refractivity contribution is -0.139. The normalized spacial score (nSPS) is 15.2. The topological polar surface area (TPSA) is 49.4 Å². The molecule has 2 aromatic rings. The largest absolute Gasteiger partial charge is 0.352 e. The predicted molar refractivity (Wildman–Crippen MR) is 139 cm³/mol. The molecule has 1 saturated carbocycles. The van der Waals surface area contributed by atoms with Gasteiger partial charge in [0.25, 0.3) is 0 Å². The van der Waals surface area contributed by atoms with E-state index in [0.717, 1.165) is 31.4 Å². The molecule has 1 atom stereocenters. The van der Waals surface area contributed by atoms with Crippen LogP contribution in [-0.4, -0.2) is 34.6 Å². The van der Waals surface area contributed by atoms with Gasteiger partial charge in [0.05, 0.1) is 5.75 Å². The molecule has 1 aliphatic rings. The lowest BCUT2D eigenvalue weighted by atomic mass is 9.95. The number of rotatable bonds is 9. The zero-order chi connectivity index (χ0) is 23.8. The van der Waals surface area contributed by atoms with Crippen LogP contribution in [0.4, 0.5) is 0 Å². The third kappa shape index (κ3) is 7.66. The molecule has 1 N–H and O–H groups in total. The highest BCUT2D eigenvalue weighted by atomic mass is 35.5. The summed E-state index contributed by atoms with van der Waals surface area (Å²) in [5, 5.41) is 4.14. The van der Waals surface area contributed by atoms with Crippen molar-refractivity contribution in [3.05, 3.63) is 69.2 Å². The third-order valence-corrected chi connectivity index (χ3v) is 7.78. The number of nitrogens with zero attached hydrogens (tertiary/aromatic N) is 1. The van der Waals surface area contributed by atoms with E-state index in [2.05, 4.69) is 30.4 Å². The molecule has 7 heteroatoms. The molecule has 1 unspecified atom stereocenters. The number of aryl methyl sites for hydroxylation is 1. The van der Waals surface area contributed by atoms with E-state index < -0.39 is 6.04 Å². The Morgan fingerprint density at radius 3 is 2.42 bits per heavy atom. The first-order valence-electron chi connectivity index (χ1n) is 11.5. The van der Waals surface area contributed by atoms with Crippen LogP contribution in [0.1, 0.15) is 55.7 Å². The van der Waals surface area contributed by atoms with Crippen LogP contribution in [0.3, 0.4) is 0 Å². The van der Waals surface area contributed by atoms with E-state index in [1.807, 2.05) is 6.07 Å². The molecule has 2 amide bonds. The Labute approximate surface area is 211 Å². The van der Waals surface area contributed by atoms with Gasteiger partial charge in [0.1, 0.15) is 6.04 Å². The quantitative estimate of drug-likeness (QED) is 0.427. The SMILES string of the molecule is Cc1cccc(CSCC(=O)N(Cc2c(Cl)cccc2Cl)C(C)C(=O)NC2CCCCC2)c1. The molecule has 0 spiro atoms. The Morgan fingerprint density at radius 1 is 1.09 bits per heavy atom. The zero-order valence-electron chi connectivity index (χ0n) is 19.3. The summed E-state index contributed by atoms with van der Waals surface area (Å²) in [6.07, 6.45) is 5.47. The second-order valence-electron chi connectivity index (χ2n) is 8.72. The monoisotopic (exact) mass is 506 g/mol. The average Bonchev–Trinajstić information content (AvgIpc) is 2.79. The molecule has 0 aromatic heterocycles. The molecule has 3 rings (SSSR count). The Hall–Kier alpha value is -1.69. The van der Waals surface area contributed by atoms with E-state index in [1.165, 1.54) is 17.5 Å². The van der Waals surface area contributed by atoms with Crippen molar-refractivity contribution in [1.82, 2.24) is 10.2 Å². The summed E-state index contributed by atoms with van der Waals surface area (Å²) in [5.41, 5.74) is 3.04. The first kappa shape index (κ1) is 25.9. The molecule has 0 saturated heterocycles. The number of amides is 2. The van der Waals surface area contributed by atoms with Gasteiger partial charge in [-0.05, 0) is 44.4 Å². The highest BCUT2D eigenvalue weighted by Gasteiger charge is 2.29. The maximum atomic E-state index is 13.3. The lowest BCUT2D eigenvalue weighted by Gasteiger charge is -2.31. The van der Waals surface area contributed by atoms with E-state index in [4.69, 9.17) is 23.2 Å². The van der Waals surface area contributed by atoms with Gasteiger partial charge in [-0.15, -0.1) is 11.8 Å². The van der Waals surface area contributed by atoms with Crippen LogP contribution >= 0.6 is 35.0 Å². The molecule has 1 aliphatic carbocycles. The van der Waals surface area contributed by atoms with Gasteiger partial charge in [-0.25, -0.2) is 0 Å². The molecule has 0 radical (unpaired) electrons. The van der Waals surface area contributed by atoms with Crippen molar-refractivity contribution in [2.45, 2.75) is 70.3 Å². The molecule has 0 aliphatic heterocycles. The highest BCUT2D eigenvalue weighted by molar-refractivity contribution is 7.99. The number of halogens is 2. The maximum Gasteiger partial charge on any atom is 0.242 e. The fourth-order valence-corrected chi connectivity index (χ4v) is 5.52. The van der Waals surface area contributed by atoms with E-state index in [-0.39, 0.29) is 30.2 Å². The smallest absolute Gasteiger partial charge is 0.242 e. The van der Waals surface area contributed by atoms with Gasteiger partial charge in [0.2, 0.25) is 11.8 Å². The van der Waals surface area contributed by atoms with Gasteiger partial charge in [0, 0.05) is 33.9 Å². The van der Waals surface area contributed by atoms with Crippen molar-refractivity contribution in [3.63, 3.8) is 0 Å². The second kappa shape index (κ2) is 12.7. The number of carbonyl (C=O) groups is 2. The molecule has 33 heavy (non-hydrogen) atoms. The molecule has 2 aromatic carbocycles. The predicted octanol–water partition coefficient (Wildman–Crippen LogP) is 6.40. The molecule has 1 fully saturated rings. The van der Waals surface area contributed by atoms with Crippen LogP contribution in [0.2, 0.25) is 10.0 Å². The van der Waals surface area contributed by atoms with Crippen molar-refractivity contribution in [3.8, 4) is 0 Å².